The van der Waals surface area contributed by atoms with Gasteiger partial charge in [0.15, 0.2) is 16.6 Å². The predicted octanol–water partition coefficient (Wildman–Crippen LogP) is 6.04. The molecule has 7 nitrogen and oxygen atoms in total. The molecule has 0 aliphatic carbocycles. The highest BCUT2D eigenvalue weighted by Crippen LogP contribution is 2.34. The number of carbonyl (C=O) groups excluding carboxylic acids is 1. The summed E-state index contributed by atoms with van der Waals surface area (Å²) >= 11 is 1.17. The number of pyridine rings is 1. The summed E-state index contributed by atoms with van der Waals surface area (Å²) in [5.41, 5.74) is 2.06. The Morgan fingerprint density at radius 1 is 1.06 bits per heavy atom. The fourth-order valence-corrected chi connectivity index (χ4v) is 3.89. The molecule has 0 radical (unpaired) electrons. The second kappa shape index (κ2) is 11.4. The standard InChI is InChI=1S/C25H21F2N3O4S/c1-2-32-22-12-17(9-10-21(22)33-14-16-6-5-11-28-13-16)23(31)30-25-29-19(15-35-25)18-7-3-4-8-20(18)34-24(26)27/h3-13,15,24H,2,14H2,1H3,(H,29,30,31). The SMILES string of the molecule is CCOc1cc(C(=O)Nc2nc(-c3ccccc3OC(F)F)cs2)ccc1OCc1cccnc1. The normalized spacial score (nSPS) is 10.7. The van der Waals surface area contributed by atoms with E-state index in [1.54, 1.807) is 54.2 Å². The first-order valence-electron chi connectivity index (χ1n) is 10.6. The molecule has 2 aromatic heterocycles. The molecule has 0 saturated carbocycles. The number of amides is 1. The molecule has 0 saturated heterocycles. The first-order chi connectivity index (χ1) is 17.0. The predicted molar refractivity (Wildman–Crippen MR) is 128 cm³/mol. The molecule has 4 aromatic rings. The van der Waals surface area contributed by atoms with E-state index >= 15 is 0 Å². The van der Waals surface area contributed by atoms with E-state index in [9.17, 15) is 13.6 Å². The fraction of sp³-hybridized carbons (Fsp3) is 0.160. The van der Waals surface area contributed by atoms with Crippen LogP contribution in [0.1, 0.15) is 22.8 Å². The smallest absolute Gasteiger partial charge is 0.387 e. The fourth-order valence-electron chi connectivity index (χ4n) is 3.18. The minimum absolute atomic E-state index is 0.00825. The molecule has 4 rings (SSSR count). The van der Waals surface area contributed by atoms with Gasteiger partial charge >= 0.3 is 6.61 Å². The summed E-state index contributed by atoms with van der Waals surface area (Å²) in [5.74, 6) is 0.540. The maximum absolute atomic E-state index is 12.8. The van der Waals surface area contributed by atoms with Gasteiger partial charge in [0.1, 0.15) is 12.4 Å². The van der Waals surface area contributed by atoms with Crippen LogP contribution in [0, 0.1) is 0 Å². The summed E-state index contributed by atoms with van der Waals surface area (Å²) in [6.45, 7) is -0.419. The van der Waals surface area contributed by atoms with Crippen molar-refractivity contribution in [2.24, 2.45) is 0 Å². The van der Waals surface area contributed by atoms with E-state index in [-0.39, 0.29) is 5.75 Å². The Kier molecular flexibility index (Phi) is 7.84. The zero-order valence-corrected chi connectivity index (χ0v) is 19.4. The van der Waals surface area contributed by atoms with E-state index in [0.717, 1.165) is 5.56 Å². The molecule has 35 heavy (non-hydrogen) atoms. The Hall–Kier alpha value is -4.05. The molecule has 0 unspecified atom stereocenters. The van der Waals surface area contributed by atoms with Crippen molar-refractivity contribution in [2.45, 2.75) is 20.1 Å². The van der Waals surface area contributed by atoms with E-state index in [1.165, 1.54) is 17.4 Å². The first kappa shape index (κ1) is 24.1. The number of hydrogen-bond donors (Lipinski definition) is 1. The van der Waals surface area contributed by atoms with Gasteiger partial charge in [0.25, 0.3) is 5.91 Å². The van der Waals surface area contributed by atoms with Gasteiger partial charge in [0.2, 0.25) is 0 Å². The van der Waals surface area contributed by atoms with Crippen LogP contribution in [0.3, 0.4) is 0 Å². The van der Waals surface area contributed by atoms with E-state index in [2.05, 4.69) is 20.0 Å². The number of rotatable bonds is 10. The van der Waals surface area contributed by atoms with Gasteiger partial charge in [-0.3, -0.25) is 15.1 Å². The molecule has 1 amide bonds. The van der Waals surface area contributed by atoms with Crippen molar-refractivity contribution in [1.29, 1.82) is 0 Å². The summed E-state index contributed by atoms with van der Waals surface area (Å²) in [7, 11) is 0. The molecule has 0 aliphatic heterocycles. The van der Waals surface area contributed by atoms with Gasteiger partial charge in [0, 0.05) is 34.5 Å². The number of hydrogen-bond acceptors (Lipinski definition) is 7. The number of nitrogens with one attached hydrogen (secondary N) is 1. The Labute approximate surface area is 204 Å². The van der Waals surface area contributed by atoms with E-state index in [4.69, 9.17) is 9.47 Å². The molecule has 180 valence electrons. The number of thiazole rings is 1. The van der Waals surface area contributed by atoms with Gasteiger partial charge in [-0.05, 0) is 43.3 Å². The lowest BCUT2D eigenvalue weighted by Crippen LogP contribution is -2.12. The quantitative estimate of drug-likeness (QED) is 0.288. The Bertz CT molecular complexity index is 1280. The molecule has 0 spiro atoms. The van der Waals surface area contributed by atoms with Crippen molar-refractivity contribution < 1.29 is 27.8 Å². The number of benzene rings is 2. The number of carbonyl (C=O) groups is 1. The third-order valence-corrected chi connectivity index (χ3v) is 5.48. The zero-order chi connectivity index (χ0) is 24.6. The minimum Gasteiger partial charge on any atom is -0.490 e. The number of nitrogens with zero attached hydrogens (tertiary/aromatic N) is 2. The lowest BCUT2D eigenvalue weighted by molar-refractivity contribution is -0.0494. The van der Waals surface area contributed by atoms with Gasteiger partial charge in [-0.1, -0.05) is 18.2 Å². The van der Waals surface area contributed by atoms with Gasteiger partial charge < -0.3 is 14.2 Å². The van der Waals surface area contributed by atoms with Crippen LogP contribution >= 0.6 is 11.3 Å². The molecule has 2 aromatic carbocycles. The molecule has 2 heterocycles. The largest absolute Gasteiger partial charge is 0.490 e. The number of alkyl halides is 2. The van der Waals surface area contributed by atoms with Crippen LogP contribution in [0.2, 0.25) is 0 Å². The van der Waals surface area contributed by atoms with E-state index in [1.807, 2.05) is 19.1 Å². The summed E-state index contributed by atoms with van der Waals surface area (Å²) in [6.07, 6.45) is 3.40. The number of ether oxygens (including phenoxy) is 3. The second-order valence-corrected chi connectivity index (χ2v) is 7.97. The van der Waals surface area contributed by atoms with Gasteiger partial charge in [0.05, 0.1) is 12.3 Å². The molecule has 1 N–H and O–H groups in total. The van der Waals surface area contributed by atoms with Gasteiger partial charge in [-0.15, -0.1) is 11.3 Å². The van der Waals surface area contributed by atoms with Gasteiger partial charge in [-0.25, -0.2) is 4.98 Å². The minimum atomic E-state index is -2.95. The Balaban J connectivity index is 1.47. The summed E-state index contributed by atoms with van der Waals surface area (Å²) in [6, 6.07) is 15.0. The van der Waals surface area contributed by atoms with Gasteiger partial charge in [-0.2, -0.15) is 8.78 Å². The molecular weight excluding hydrogens is 476 g/mol. The molecule has 0 atom stereocenters. The first-order valence-corrected chi connectivity index (χ1v) is 11.5. The van der Waals surface area contributed by atoms with Crippen LogP contribution in [0.5, 0.6) is 17.2 Å². The summed E-state index contributed by atoms with van der Waals surface area (Å²) in [5, 5.41) is 4.70. The van der Waals surface area contributed by atoms with E-state index in [0.29, 0.717) is 46.7 Å². The molecule has 0 bridgehead atoms. The van der Waals surface area contributed by atoms with E-state index < -0.39 is 12.5 Å². The highest BCUT2D eigenvalue weighted by atomic mass is 32.1. The summed E-state index contributed by atoms with van der Waals surface area (Å²) < 4.78 is 41.5. The van der Waals surface area contributed by atoms with Crippen molar-refractivity contribution in [2.75, 3.05) is 11.9 Å². The van der Waals surface area contributed by atoms with Crippen molar-refractivity contribution in [3.63, 3.8) is 0 Å². The molecule has 10 heteroatoms. The van der Waals surface area contributed by atoms with Crippen LogP contribution in [0.25, 0.3) is 11.3 Å². The zero-order valence-electron chi connectivity index (χ0n) is 18.6. The van der Waals surface area contributed by atoms with Crippen molar-refractivity contribution in [3.8, 4) is 28.5 Å². The molecular formula is C25H21F2N3O4S. The number of aromatic nitrogens is 2. The van der Waals surface area contributed by atoms with Crippen LogP contribution in [-0.4, -0.2) is 29.1 Å². The average molecular weight is 498 g/mol. The van der Waals surface area contributed by atoms with Crippen LogP contribution in [0.4, 0.5) is 13.9 Å². The second-order valence-electron chi connectivity index (χ2n) is 7.11. The molecule has 0 fully saturated rings. The lowest BCUT2D eigenvalue weighted by Gasteiger charge is -2.13. The molecule has 0 aliphatic rings. The van der Waals surface area contributed by atoms with Crippen LogP contribution in [-0.2, 0) is 6.61 Å². The highest BCUT2D eigenvalue weighted by Gasteiger charge is 2.16. The van der Waals surface area contributed by atoms with Crippen LogP contribution < -0.4 is 19.5 Å². The lowest BCUT2D eigenvalue weighted by atomic mass is 10.1. The summed E-state index contributed by atoms with van der Waals surface area (Å²) in [4.78, 5) is 21.3. The van der Waals surface area contributed by atoms with Crippen molar-refractivity contribution in [3.05, 3.63) is 83.5 Å². The number of para-hydroxylation sites is 1. The third kappa shape index (κ3) is 6.30. The third-order valence-electron chi connectivity index (χ3n) is 4.73. The van der Waals surface area contributed by atoms with Crippen molar-refractivity contribution >= 4 is 22.4 Å². The maximum Gasteiger partial charge on any atom is 0.387 e. The van der Waals surface area contributed by atoms with Crippen LogP contribution in [0.15, 0.2) is 72.4 Å². The number of anilines is 1. The Morgan fingerprint density at radius 3 is 2.69 bits per heavy atom. The monoisotopic (exact) mass is 497 g/mol. The number of halogens is 2. The topological polar surface area (TPSA) is 82.6 Å². The average Bonchev–Trinajstić information content (AvgIpc) is 3.32. The van der Waals surface area contributed by atoms with Crippen molar-refractivity contribution in [1.82, 2.24) is 9.97 Å². The Morgan fingerprint density at radius 2 is 1.91 bits per heavy atom. The maximum atomic E-state index is 12.8. The highest BCUT2D eigenvalue weighted by molar-refractivity contribution is 7.14.